The minimum absolute atomic E-state index is 0.0822. The van der Waals surface area contributed by atoms with Gasteiger partial charge in [-0.05, 0) is 38.0 Å². The average molecular weight is 475 g/mol. The van der Waals surface area contributed by atoms with Crippen LogP contribution in [0.5, 0.6) is 0 Å². The summed E-state index contributed by atoms with van der Waals surface area (Å²) in [6, 6.07) is 6.46. The summed E-state index contributed by atoms with van der Waals surface area (Å²) in [4.78, 5) is 15.1. The van der Waals surface area contributed by atoms with E-state index < -0.39 is 24.5 Å². The van der Waals surface area contributed by atoms with Crippen LogP contribution < -0.4 is 5.32 Å². The van der Waals surface area contributed by atoms with Crippen molar-refractivity contribution in [2.45, 2.75) is 57.4 Å². The van der Waals surface area contributed by atoms with Crippen molar-refractivity contribution in [2.24, 2.45) is 0 Å². The van der Waals surface area contributed by atoms with E-state index in [1.54, 1.807) is 16.7 Å². The Morgan fingerprint density at radius 3 is 2.76 bits per heavy atom. The summed E-state index contributed by atoms with van der Waals surface area (Å²) in [5, 5.41) is 33.8. The number of ether oxygens (including phenoxy) is 1. The molecule has 4 N–H and O–H groups in total. The molecule has 1 aliphatic rings. The predicted octanol–water partition coefficient (Wildman–Crippen LogP) is 1.29. The maximum absolute atomic E-state index is 13.5. The lowest BCUT2D eigenvalue weighted by Crippen LogP contribution is -2.43. The van der Waals surface area contributed by atoms with Crippen molar-refractivity contribution >= 4 is 17.0 Å². The fourth-order valence-electron chi connectivity index (χ4n) is 4.18. The van der Waals surface area contributed by atoms with Crippen molar-refractivity contribution in [3.63, 3.8) is 0 Å². The standard InChI is InChI=1S/C23H31FN6O4/c1-14(2)29(7-4-8-31)11-17-19(32)20(33)23(34-17)30-13-28-18-21(26-12-27-22(18)30)25-10-15-5-3-6-16(24)9-15/h3,5-6,9,12-14,17,19-20,23,31-33H,4,7-8,10-11H2,1-2H3,(H,25,26,27)/t17-,19-,20-,23-/m1/s1. The van der Waals surface area contributed by atoms with Gasteiger partial charge in [-0.2, -0.15) is 0 Å². The average Bonchev–Trinajstić information content (AvgIpc) is 3.36. The van der Waals surface area contributed by atoms with Crippen LogP contribution in [0, 0.1) is 5.82 Å². The molecule has 0 unspecified atom stereocenters. The number of nitrogens with one attached hydrogen (secondary N) is 1. The smallest absolute Gasteiger partial charge is 0.167 e. The quantitative estimate of drug-likeness (QED) is 0.344. The number of aromatic nitrogens is 4. The van der Waals surface area contributed by atoms with Crippen molar-refractivity contribution in [1.82, 2.24) is 24.4 Å². The second-order valence-corrected chi connectivity index (χ2v) is 8.74. The second-order valence-electron chi connectivity index (χ2n) is 8.74. The molecule has 34 heavy (non-hydrogen) atoms. The van der Waals surface area contributed by atoms with E-state index in [4.69, 9.17) is 9.84 Å². The first kappa shape index (κ1) is 24.4. The van der Waals surface area contributed by atoms with Crippen LogP contribution in [0.4, 0.5) is 10.2 Å². The Balaban J connectivity index is 1.51. The van der Waals surface area contributed by atoms with Crippen LogP contribution in [0.15, 0.2) is 36.9 Å². The van der Waals surface area contributed by atoms with E-state index in [9.17, 15) is 14.6 Å². The van der Waals surface area contributed by atoms with Crippen molar-refractivity contribution < 1.29 is 24.4 Å². The van der Waals surface area contributed by atoms with Gasteiger partial charge < -0.3 is 25.4 Å². The molecule has 3 aromatic rings. The van der Waals surface area contributed by atoms with Gasteiger partial charge in [0.2, 0.25) is 0 Å². The molecule has 11 heteroatoms. The number of benzene rings is 1. The van der Waals surface area contributed by atoms with Crippen LogP contribution in [0.2, 0.25) is 0 Å². The maximum Gasteiger partial charge on any atom is 0.167 e. The molecule has 1 fully saturated rings. The number of nitrogens with zero attached hydrogens (tertiary/aromatic N) is 5. The Labute approximate surface area is 197 Å². The van der Waals surface area contributed by atoms with Crippen LogP contribution in [0.3, 0.4) is 0 Å². The molecule has 2 aromatic heterocycles. The lowest BCUT2D eigenvalue weighted by molar-refractivity contribution is -0.0471. The number of halogens is 1. The molecule has 3 heterocycles. The molecule has 0 aliphatic carbocycles. The van der Waals surface area contributed by atoms with Crippen LogP contribution in [-0.2, 0) is 11.3 Å². The molecule has 0 amide bonds. The van der Waals surface area contributed by atoms with Gasteiger partial charge in [0.1, 0.15) is 30.5 Å². The highest BCUT2D eigenvalue weighted by molar-refractivity contribution is 5.82. The van der Waals surface area contributed by atoms with Crippen LogP contribution >= 0.6 is 0 Å². The predicted molar refractivity (Wildman–Crippen MR) is 123 cm³/mol. The third-order valence-corrected chi connectivity index (χ3v) is 6.07. The SMILES string of the molecule is CC(C)N(CCCO)C[C@H]1O[C@@H](n2cnc3c(NCc4cccc(F)c4)ncnc32)[C@H](O)[C@@H]1O. The Morgan fingerprint density at radius 2 is 2.03 bits per heavy atom. The first-order valence-electron chi connectivity index (χ1n) is 11.4. The Morgan fingerprint density at radius 1 is 1.21 bits per heavy atom. The maximum atomic E-state index is 13.5. The van der Waals surface area contributed by atoms with Gasteiger partial charge in [0.25, 0.3) is 0 Å². The topological polar surface area (TPSA) is 129 Å². The van der Waals surface area contributed by atoms with Gasteiger partial charge in [-0.25, -0.2) is 19.3 Å². The monoisotopic (exact) mass is 474 g/mol. The Hall–Kier alpha value is -2.70. The summed E-state index contributed by atoms with van der Waals surface area (Å²) in [6.45, 7) is 5.56. The van der Waals surface area contributed by atoms with E-state index in [0.717, 1.165) is 5.56 Å². The highest BCUT2D eigenvalue weighted by atomic mass is 19.1. The summed E-state index contributed by atoms with van der Waals surface area (Å²) in [7, 11) is 0. The lowest BCUT2D eigenvalue weighted by Gasteiger charge is -2.29. The van der Waals surface area contributed by atoms with Crippen molar-refractivity contribution in [3.05, 3.63) is 48.3 Å². The van der Waals surface area contributed by atoms with Gasteiger partial charge in [0.05, 0.1) is 6.33 Å². The van der Waals surface area contributed by atoms with E-state index in [1.165, 1.54) is 24.8 Å². The fraction of sp³-hybridized carbons (Fsp3) is 0.522. The Bertz CT molecular complexity index is 1100. The highest BCUT2D eigenvalue weighted by Crippen LogP contribution is 2.33. The number of imidazole rings is 1. The molecule has 4 rings (SSSR count). The molecule has 1 aliphatic heterocycles. The van der Waals surface area contributed by atoms with Crippen LogP contribution in [-0.4, -0.2) is 83.8 Å². The largest absolute Gasteiger partial charge is 0.396 e. The first-order valence-corrected chi connectivity index (χ1v) is 11.4. The summed E-state index contributed by atoms with van der Waals surface area (Å²) < 4.78 is 21.1. The van der Waals surface area contributed by atoms with Gasteiger partial charge >= 0.3 is 0 Å². The normalized spacial score (nSPS) is 22.8. The zero-order valence-electron chi connectivity index (χ0n) is 19.3. The minimum atomic E-state index is -1.17. The summed E-state index contributed by atoms with van der Waals surface area (Å²) in [5.41, 5.74) is 1.66. The van der Waals surface area contributed by atoms with Gasteiger partial charge in [-0.3, -0.25) is 9.47 Å². The van der Waals surface area contributed by atoms with E-state index >= 15 is 0 Å². The second kappa shape index (κ2) is 10.7. The van der Waals surface area contributed by atoms with E-state index in [1.807, 2.05) is 13.8 Å². The van der Waals surface area contributed by atoms with Crippen LogP contribution in [0.1, 0.15) is 32.1 Å². The molecular formula is C23H31FN6O4. The van der Waals surface area contributed by atoms with E-state index in [2.05, 4.69) is 25.2 Å². The molecule has 0 saturated carbocycles. The third-order valence-electron chi connectivity index (χ3n) is 6.07. The molecule has 1 aromatic carbocycles. The number of aliphatic hydroxyl groups excluding tert-OH is 3. The van der Waals surface area contributed by atoms with Crippen molar-refractivity contribution in [1.29, 1.82) is 0 Å². The molecule has 0 radical (unpaired) electrons. The summed E-state index contributed by atoms with van der Waals surface area (Å²) in [6.07, 6.45) is -0.269. The zero-order chi connectivity index (χ0) is 24.2. The number of hydrogen-bond donors (Lipinski definition) is 4. The van der Waals surface area contributed by atoms with Crippen molar-refractivity contribution in [2.75, 3.05) is 25.0 Å². The lowest BCUT2D eigenvalue weighted by atomic mass is 10.1. The number of fused-ring (bicyclic) bond motifs is 1. The zero-order valence-corrected chi connectivity index (χ0v) is 19.3. The fourth-order valence-corrected chi connectivity index (χ4v) is 4.18. The number of hydrogen-bond acceptors (Lipinski definition) is 9. The highest BCUT2D eigenvalue weighted by Gasteiger charge is 2.45. The molecule has 10 nitrogen and oxygen atoms in total. The molecule has 4 atom stereocenters. The number of anilines is 1. The number of rotatable bonds is 10. The van der Waals surface area contributed by atoms with Gasteiger partial charge in [-0.15, -0.1) is 0 Å². The Kier molecular flexibility index (Phi) is 7.69. The first-order chi connectivity index (χ1) is 16.4. The molecule has 184 valence electrons. The minimum Gasteiger partial charge on any atom is -0.396 e. The molecular weight excluding hydrogens is 443 g/mol. The summed E-state index contributed by atoms with van der Waals surface area (Å²) in [5.74, 6) is 0.150. The van der Waals surface area contributed by atoms with Gasteiger partial charge in [-0.1, -0.05) is 12.1 Å². The van der Waals surface area contributed by atoms with Gasteiger partial charge in [0, 0.05) is 32.3 Å². The van der Waals surface area contributed by atoms with E-state index in [0.29, 0.717) is 43.0 Å². The van der Waals surface area contributed by atoms with Gasteiger partial charge in [0.15, 0.2) is 23.2 Å². The third kappa shape index (κ3) is 5.18. The molecule has 0 spiro atoms. The van der Waals surface area contributed by atoms with Crippen LogP contribution in [0.25, 0.3) is 11.2 Å². The van der Waals surface area contributed by atoms with Crippen molar-refractivity contribution in [3.8, 4) is 0 Å². The van der Waals surface area contributed by atoms with E-state index in [-0.39, 0.29) is 18.5 Å². The number of aliphatic hydroxyl groups is 3. The molecule has 0 bridgehead atoms. The summed E-state index contributed by atoms with van der Waals surface area (Å²) >= 11 is 0. The molecule has 1 saturated heterocycles.